The molecule has 3 heterocycles. The van der Waals surface area contributed by atoms with Gasteiger partial charge in [0.05, 0.1) is 29.9 Å². The first-order chi connectivity index (χ1) is 14.2. The summed E-state index contributed by atoms with van der Waals surface area (Å²) in [5, 5.41) is 1.01. The Morgan fingerprint density at radius 3 is 2.52 bits per heavy atom. The normalized spacial score (nSPS) is 15.2. The Labute approximate surface area is 168 Å². The molecular weight excluding hydrogens is 364 g/mol. The molecule has 0 N–H and O–H groups in total. The smallest absolute Gasteiger partial charge is 0.329 e. The minimum Gasteiger partial charge on any atom is -0.481 e. The van der Waals surface area contributed by atoms with Gasteiger partial charge in [0, 0.05) is 36.3 Å². The van der Waals surface area contributed by atoms with E-state index in [1.54, 1.807) is 11.7 Å². The molecule has 5 rings (SSSR count). The molecule has 0 atom stereocenters. The van der Waals surface area contributed by atoms with Gasteiger partial charge >= 0.3 is 5.69 Å². The predicted octanol–water partition coefficient (Wildman–Crippen LogP) is 4.46. The number of hydrogen-bond donors (Lipinski definition) is 0. The highest BCUT2D eigenvalue weighted by atomic mass is 16.5. The number of ether oxygens (including phenoxy) is 1. The van der Waals surface area contributed by atoms with E-state index in [0.717, 1.165) is 45.9 Å². The van der Waals surface area contributed by atoms with Crippen LogP contribution in [0.15, 0.2) is 47.5 Å². The number of fused-ring (bicyclic) bond motifs is 3. The maximum Gasteiger partial charge on any atom is 0.329 e. The Balaban J connectivity index is 1.75. The van der Waals surface area contributed by atoms with Crippen LogP contribution in [0.5, 0.6) is 5.88 Å². The lowest BCUT2D eigenvalue weighted by Crippen LogP contribution is -2.27. The number of rotatable bonds is 3. The molecule has 29 heavy (non-hydrogen) atoms. The Morgan fingerprint density at radius 1 is 1.00 bits per heavy atom. The third-order valence-corrected chi connectivity index (χ3v) is 6.13. The first-order valence-electron chi connectivity index (χ1n) is 10.2. The van der Waals surface area contributed by atoms with E-state index in [2.05, 4.69) is 22.1 Å². The highest BCUT2D eigenvalue weighted by molar-refractivity contribution is 6.04. The van der Waals surface area contributed by atoms with Gasteiger partial charge in [-0.15, -0.1) is 0 Å². The SMILES string of the molecule is COc1ccc(-c2ccc3ncc4c(c3c2)n(C2CCCCC2)c(=O)n4C)cn1. The molecule has 3 aromatic heterocycles. The van der Waals surface area contributed by atoms with Gasteiger partial charge in [-0.3, -0.25) is 14.1 Å². The molecule has 0 bridgehead atoms. The predicted molar refractivity (Wildman–Crippen MR) is 114 cm³/mol. The van der Waals surface area contributed by atoms with Crippen LogP contribution in [0.1, 0.15) is 38.1 Å². The summed E-state index contributed by atoms with van der Waals surface area (Å²) in [6.45, 7) is 0. The summed E-state index contributed by atoms with van der Waals surface area (Å²) in [5.41, 5.74) is 4.90. The van der Waals surface area contributed by atoms with Gasteiger partial charge in [-0.25, -0.2) is 9.78 Å². The standard InChI is InChI=1S/C23H24N4O2/c1-26-20-14-24-19-10-8-15(16-9-11-21(29-2)25-13-16)12-18(19)22(20)27(23(26)28)17-6-4-3-5-7-17/h8-14,17H,3-7H2,1-2H3. The Bertz CT molecular complexity index is 1250. The van der Waals surface area contributed by atoms with Crippen molar-refractivity contribution in [2.24, 2.45) is 7.05 Å². The number of imidazole rings is 1. The van der Waals surface area contributed by atoms with Gasteiger partial charge < -0.3 is 4.74 Å². The molecule has 1 fully saturated rings. The van der Waals surface area contributed by atoms with Gasteiger partial charge in [0.1, 0.15) is 0 Å². The van der Waals surface area contributed by atoms with Crippen LogP contribution in [0.25, 0.3) is 33.1 Å². The van der Waals surface area contributed by atoms with Crippen LogP contribution < -0.4 is 10.4 Å². The van der Waals surface area contributed by atoms with Crippen molar-refractivity contribution in [2.75, 3.05) is 7.11 Å². The molecule has 0 radical (unpaired) electrons. The summed E-state index contributed by atoms with van der Waals surface area (Å²) in [7, 11) is 3.45. The van der Waals surface area contributed by atoms with E-state index in [9.17, 15) is 4.79 Å². The van der Waals surface area contributed by atoms with Gasteiger partial charge in [-0.05, 0) is 36.6 Å². The summed E-state index contributed by atoms with van der Waals surface area (Å²) in [4.78, 5) is 22.1. The fourth-order valence-electron chi connectivity index (χ4n) is 4.56. The van der Waals surface area contributed by atoms with Crippen molar-refractivity contribution < 1.29 is 4.74 Å². The summed E-state index contributed by atoms with van der Waals surface area (Å²) in [5.74, 6) is 0.591. The van der Waals surface area contributed by atoms with Gasteiger partial charge in [-0.2, -0.15) is 0 Å². The van der Waals surface area contributed by atoms with Crippen LogP contribution in [0.2, 0.25) is 0 Å². The second-order valence-corrected chi connectivity index (χ2v) is 7.82. The Morgan fingerprint density at radius 2 is 1.79 bits per heavy atom. The van der Waals surface area contributed by atoms with Crippen LogP contribution in [-0.2, 0) is 7.05 Å². The maximum absolute atomic E-state index is 13.1. The van der Waals surface area contributed by atoms with Crippen molar-refractivity contribution in [3.05, 3.63) is 53.2 Å². The lowest BCUT2D eigenvalue weighted by atomic mass is 9.95. The molecule has 0 saturated heterocycles. The molecule has 4 aromatic rings. The van der Waals surface area contributed by atoms with Gasteiger partial charge in [0.15, 0.2) is 0 Å². The van der Waals surface area contributed by atoms with Crippen LogP contribution in [0.4, 0.5) is 0 Å². The second-order valence-electron chi connectivity index (χ2n) is 7.82. The number of pyridine rings is 2. The van der Waals surface area contributed by atoms with E-state index in [1.807, 2.05) is 42.2 Å². The molecule has 0 spiro atoms. The molecular formula is C23H24N4O2. The number of methoxy groups -OCH3 is 1. The van der Waals surface area contributed by atoms with Crippen LogP contribution in [0.3, 0.4) is 0 Å². The monoisotopic (exact) mass is 388 g/mol. The molecule has 0 aliphatic heterocycles. The average Bonchev–Trinajstić information content (AvgIpc) is 3.04. The fraction of sp³-hybridized carbons (Fsp3) is 0.348. The lowest BCUT2D eigenvalue weighted by Gasteiger charge is -2.23. The third kappa shape index (κ3) is 2.90. The van der Waals surface area contributed by atoms with Crippen molar-refractivity contribution in [3.8, 4) is 17.0 Å². The zero-order valence-electron chi connectivity index (χ0n) is 16.8. The van der Waals surface area contributed by atoms with E-state index < -0.39 is 0 Å². The number of aromatic nitrogens is 4. The molecule has 0 amide bonds. The lowest BCUT2D eigenvalue weighted by molar-refractivity contribution is 0.351. The zero-order chi connectivity index (χ0) is 20.0. The number of hydrogen-bond acceptors (Lipinski definition) is 4. The highest BCUT2D eigenvalue weighted by Crippen LogP contribution is 2.34. The van der Waals surface area contributed by atoms with E-state index in [-0.39, 0.29) is 11.7 Å². The van der Waals surface area contributed by atoms with Gasteiger partial charge in [-0.1, -0.05) is 25.3 Å². The number of benzene rings is 1. The van der Waals surface area contributed by atoms with Crippen molar-refractivity contribution in [1.29, 1.82) is 0 Å². The van der Waals surface area contributed by atoms with Crippen molar-refractivity contribution in [3.63, 3.8) is 0 Å². The van der Waals surface area contributed by atoms with Crippen molar-refractivity contribution in [1.82, 2.24) is 19.1 Å². The van der Waals surface area contributed by atoms with Crippen molar-refractivity contribution >= 4 is 21.9 Å². The zero-order valence-corrected chi connectivity index (χ0v) is 16.8. The maximum atomic E-state index is 13.1. The van der Waals surface area contributed by atoms with Crippen LogP contribution >= 0.6 is 0 Å². The first kappa shape index (κ1) is 17.9. The van der Waals surface area contributed by atoms with Crippen molar-refractivity contribution in [2.45, 2.75) is 38.1 Å². The molecule has 6 nitrogen and oxygen atoms in total. The number of aryl methyl sites for hydroxylation is 1. The van der Waals surface area contributed by atoms with E-state index in [1.165, 1.54) is 19.3 Å². The largest absolute Gasteiger partial charge is 0.481 e. The molecule has 148 valence electrons. The average molecular weight is 388 g/mol. The van der Waals surface area contributed by atoms with Gasteiger partial charge in [0.25, 0.3) is 0 Å². The van der Waals surface area contributed by atoms with E-state index in [0.29, 0.717) is 5.88 Å². The Kier molecular flexibility index (Phi) is 4.34. The summed E-state index contributed by atoms with van der Waals surface area (Å²) >= 11 is 0. The minimum absolute atomic E-state index is 0.0534. The molecule has 0 unspecified atom stereocenters. The Hall–Kier alpha value is -3.15. The van der Waals surface area contributed by atoms with E-state index in [4.69, 9.17) is 4.74 Å². The quantitative estimate of drug-likeness (QED) is 0.520. The summed E-state index contributed by atoms with van der Waals surface area (Å²) in [6.07, 6.45) is 9.38. The fourth-order valence-corrected chi connectivity index (χ4v) is 4.56. The molecule has 1 aliphatic carbocycles. The summed E-state index contributed by atoms with van der Waals surface area (Å²) in [6, 6.07) is 10.3. The van der Waals surface area contributed by atoms with Crippen LogP contribution in [-0.4, -0.2) is 26.2 Å². The molecule has 1 aromatic carbocycles. The third-order valence-electron chi connectivity index (χ3n) is 6.13. The number of nitrogens with zero attached hydrogens (tertiary/aromatic N) is 4. The molecule has 1 aliphatic rings. The van der Waals surface area contributed by atoms with Crippen LogP contribution in [0, 0.1) is 0 Å². The first-order valence-corrected chi connectivity index (χ1v) is 10.2. The second kappa shape index (κ2) is 7.03. The summed E-state index contributed by atoms with van der Waals surface area (Å²) < 4.78 is 8.93. The minimum atomic E-state index is 0.0534. The van der Waals surface area contributed by atoms with Gasteiger partial charge in [0.2, 0.25) is 5.88 Å². The highest BCUT2D eigenvalue weighted by Gasteiger charge is 2.23. The van der Waals surface area contributed by atoms with E-state index >= 15 is 0 Å². The molecule has 6 heteroatoms. The molecule has 1 saturated carbocycles. The topological polar surface area (TPSA) is 61.9 Å².